The topological polar surface area (TPSA) is 62.6 Å². The third-order valence-corrected chi connectivity index (χ3v) is 6.82. The number of nitrogens with zero attached hydrogens (tertiary/aromatic N) is 2. The molecule has 6 nitrogen and oxygen atoms in total. The maximum Gasteiger partial charge on any atom is 0.209 e. The number of anilines is 1. The fraction of sp³-hybridized carbons (Fsp3) is 0.650. The van der Waals surface area contributed by atoms with E-state index >= 15 is 0 Å². The summed E-state index contributed by atoms with van der Waals surface area (Å²) in [5, 5.41) is 7.88. The second-order valence-corrected chi connectivity index (χ2v) is 8.94. The summed E-state index contributed by atoms with van der Waals surface area (Å²) < 4.78 is 11.9. The third kappa shape index (κ3) is 2.85. The van der Waals surface area contributed by atoms with Crippen LogP contribution in [0.1, 0.15) is 50.5 Å². The molecule has 5 rings (SSSR count). The molecule has 146 valence electrons. The number of nitrogens with one attached hydrogen (secondary N) is 2. The largest absolute Gasteiger partial charge is 0.439 e. The van der Waals surface area contributed by atoms with Crippen molar-refractivity contribution in [2.75, 3.05) is 32.2 Å². The van der Waals surface area contributed by atoms with Crippen molar-refractivity contribution in [3.05, 3.63) is 22.5 Å². The second-order valence-electron chi connectivity index (χ2n) is 8.54. The number of fused-ring (bicyclic) bond motifs is 4. The van der Waals surface area contributed by atoms with Gasteiger partial charge < -0.3 is 14.5 Å². The first-order valence-electron chi connectivity index (χ1n) is 9.91. The molecule has 0 atom stereocenters. The molecule has 27 heavy (non-hydrogen) atoms. The Morgan fingerprint density at radius 1 is 1.30 bits per heavy atom. The molecule has 0 radical (unpaired) electrons. The van der Waals surface area contributed by atoms with Crippen molar-refractivity contribution in [2.45, 2.75) is 56.7 Å². The molecular formula is C20H27ClN4O2. The van der Waals surface area contributed by atoms with E-state index in [9.17, 15) is 0 Å². The van der Waals surface area contributed by atoms with Gasteiger partial charge in [0.2, 0.25) is 5.89 Å². The molecule has 1 spiro atoms. The van der Waals surface area contributed by atoms with Crippen LogP contribution in [0.25, 0.3) is 11.1 Å². The summed E-state index contributed by atoms with van der Waals surface area (Å²) in [7, 11) is 1.77. The monoisotopic (exact) mass is 390 g/mol. The molecule has 2 aliphatic heterocycles. The predicted molar refractivity (Wildman–Crippen MR) is 106 cm³/mol. The van der Waals surface area contributed by atoms with Crippen LogP contribution < -0.4 is 10.6 Å². The van der Waals surface area contributed by atoms with E-state index in [1.807, 2.05) is 6.07 Å². The number of halogens is 1. The summed E-state index contributed by atoms with van der Waals surface area (Å²) in [4.78, 5) is 7.07. The Bertz CT molecular complexity index is 868. The van der Waals surface area contributed by atoms with Crippen molar-refractivity contribution in [2.24, 2.45) is 0 Å². The minimum atomic E-state index is -0.0514. The van der Waals surface area contributed by atoms with E-state index in [1.54, 1.807) is 7.11 Å². The molecule has 1 aromatic carbocycles. The highest BCUT2D eigenvalue weighted by atomic mass is 35.5. The standard InChI is InChI=1S/C20H27ClN4O2/c1-19(26-2)10-25(11-19)9-15-24-14-8-13(21)17-16(18(14)27-15)20(23-12-22-17)6-4-3-5-7-20/h8,22-23H,3-7,9-12H2,1-2H3. The average Bonchev–Trinajstić information content (AvgIpc) is 3.03. The minimum absolute atomic E-state index is 0.0471. The van der Waals surface area contributed by atoms with Gasteiger partial charge in [-0.3, -0.25) is 10.2 Å². The second kappa shape index (κ2) is 6.34. The van der Waals surface area contributed by atoms with E-state index in [4.69, 9.17) is 25.7 Å². The lowest BCUT2D eigenvalue weighted by molar-refractivity contribution is -0.116. The van der Waals surface area contributed by atoms with Crippen molar-refractivity contribution in [3.8, 4) is 0 Å². The van der Waals surface area contributed by atoms with Gasteiger partial charge in [0.15, 0.2) is 5.58 Å². The summed E-state index contributed by atoms with van der Waals surface area (Å²) in [5.41, 5.74) is 3.85. The molecule has 7 heteroatoms. The number of likely N-dealkylation sites (tertiary alicyclic amines) is 1. The highest BCUT2D eigenvalue weighted by Crippen LogP contribution is 2.48. The summed E-state index contributed by atoms with van der Waals surface area (Å²) in [6, 6.07) is 1.94. The Hall–Kier alpha value is -1.34. The smallest absolute Gasteiger partial charge is 0.209 e. The van der Waals surface area contributed by atoms with E-state index in [-0.39, 0.29) is 11.1 Å². The number of rotatable bonds is 3. The van der Waals surface area contributed by atoms with Gasteiger partial charge in [-0.05, 0) is 25.8 Å². The zero-order valence-electron chi connectivity index (χ0n) is 16.0. The van der Waals surface area contributed by atoms with Crippen molar-refractivity contribution >= 4 is 28.4 Å². The molecule has 1 aromatic heterocycles. The van der Waals surface area contributed by atoms with Crippen molar-refractivity contribution in [1.29, 1.82) is 0 Å². The van der Waals surface area contributed by atoms with Gasteiger partial charge >= 0.3 is 0 Å². The van der Waals surface area contributed by atoms with Crippen LogP contribution in [-0.2, 0) is 16.8 Å². The number of ether oxygens (including phenoxy) is 1. The first-order chi connectivity index (χ1) is 13.0. The Balaban J connectivity index is 1.53. The molecule has 1 aliphatic carbocycles. The number of methoxy groups -OCH3 is 1. The molecule has 3 heterocycles. The quantitative estimate of drug-likeness (QED) is 0.830. The van der Waals surface area contributed by atoms with Crippen LogP contribution in [0.2, 0.25) is 5.02 Å². The van der Waals surface area contributed by atoms with Crippen LogP contribution in [0.5, 0.6) is 0 Å². The lowest BCUT2D eigenvalue weighted by Gasteiger charge is -2.46. The van der Waals surface area contributed by atoms with Gasteiger partial charge in [0.1, 0.15) is 5.52 Å². The number of hydrogen-bond acceptors (Lipinski definition) is 6. The molecule has 0 amide bonds. The molecule has 2 aromatic rings. The summed E-state index contributed by atoms with van der Waals surface area (Å²) >= 11 is 6.63. The van der Waals surface area contributed by atoms with Gasteiger partial charge in [-0.1, -0.05) is 30.9 Å². The van der Waals surface area contributed by atoms with Crippen molar-refractivity contribution in [3.63, 3.8) is 0 Å². The highest BCUT2D eigenvalue weighted by molar-refractivity contribution is 6.34. The Kier molecular flexibility index (Phi) is 4.17. The molecule has 1 saturated carbocycles. The number of benzene rings is 1. The number of oxazole rings is 1. The molecule has 2 fully saturated rings. The Morgan fingerprint density at radius 3 is 2.81 bits per heavy atom. The minimum Gasteiger partial charge on any atom is -0.439 e. The van der Waals surface area contributed by atoms with Gasteiger partial charge in [0.05, 0.1) is 35.1 Å². The van der Waals surface area contributed by atoms with E-state index < -0.39 is 0 Å². The SMILES string of the molecule is COC1(C)CN(Cc2nc3cc(Cl)c4c(c3o2)C2(CCCCC2)NCN4)C1. The van der Waals surface area contributed by atoms with Gasteiger partial charge in [-0.15, -0.1) is 0 Å². The van der Waals surface area contributed by atoms with Crippen LogP contribution >= 0.6 is 11.6 Å². The fourth-order valence-electron chi connectivity index (χ4n) is 5.08. The maximum absolute atomic E-state index is 6.63. The van der Waals surface area contributed by atoms with E-state index in [0.29, 0.717) is 6.54 Å². The highest BCUT2D eigenvalue weighted by Gasteiger charge is 2.42. The average molecular weight is 391 g/mol. The van der Waals surface area contributed by atoms with Crippen LogP contribution in [0.3, 0.4) is 0 Å². The van der Waals surface area contributed by atoms with Gasteiger partial charge in [-0.2, -0.15) is 0 Å². The van der Waals surface area contributed by atoms with Crippen LogP contribution in [0, 0.1) is 0 Å². The molecule has 0 unspecified atom stereocenters. The van der Waals surface area contributed by atoms with Gasteiger partial charge in [-0.25, -0.2) is 4.98 Å². The van der Waals surface area contributed by atoms with Crippen LogP contribution in [0.15, 0.2) is 10.5 Å². The fourth-order valence-corrected chi connectivity index (χ4v) is 5.35. The van der Waals surface area contributed by atoms with Gasteiger partial charge in [0, 0.05) is 25.8 Å². The number of aromatic nitrogens is 1. The van der Waals surface area contributed by atoms with Crippen LogP contribution in [-0.4, -0.2) is 42.4 Å². The summed E-state index contributed by atoms with van der Waals surface area (Å²) in [6.07, 6.45) is 5.98. The zero-order valence-corrected chi connectivity index (χ0v) is 16.8. The maximum atomic E-state index is 6.63. The first-order valence-corrected chi connectivity index (χ1v) is 10.3. The first kappa shape index (κ1) is 17.7. The Morgan fingerprint density at radius 2 is 2.07 bits per heavy atom. The summed E-state index contributed by atoms with van der Waals surface area (Å²) in [5.74, 6) is 0.754. The lowest BCUT2D eigenvalue weighted by Crippen LogP contribution is -2.60. The van der Waals surface area contributed by atoms with E-state index in [0.717, 1.165) is 60.3 Å². The molecule has 0 bridgehead atoms. The molecule has 3 aliphatic rings. The van der Waals surface area contributed by atoms with E-state index in [1.165, 1.54) is 24.8 Å². The third-order valence-electron chi connectivity index (χ3n) is 6.52. The van der Waals surface area contributed by atoms with Crippen molar-refractivity contribution in [1.82, 2.24) is 15.2 Å². The van der Waals surface area contributed by atoms with Crippen LogP contribution in [0.4, 0.5) is 5.69 Å². The zero-order chi connectivity index (χ0) is 18.6. The molecule has 1 saturated heterocycles. The molecule has 2 N–H and O–H groups in total. The van der Waals surface area contributed by atoms with Gasteiger partial charge in [0.25, 0.3) is 0 Å². The summed E-state index contributed by atoms with van der Waals surface area (Å²) in [6.45, 7) is 5.37. The normalized spacial score (nSPS) is 23.8. The number of hydrogen-bond donors (Lipinski definition) is 2. The van der Waals surface area contributed by atoms with Crippen molar-refractivity contribution < 1.29 is 9.15 Å². The molecular weight excluding hydrogens is 364 g/mol. The predicted octanol–water partition coefficient (Wildman–Crippen LogP) is 3.83. The lowest BCUT2D eigenvalue weighted by atomic mass is 9.75. The van der Waals surface area contributed by atoms with E-state index in [2.05, 4.69) is 22.5 Å². The Labute approximate surface area is 164 Å².